The minimum atomic E-state index is -0.970. The molecule has 3 aromatic carbocycles. The van der Waals surface area contributed by atoms with E-state index in [0.717, 1.165) is 43.2 Å². The average molecular weight is 537 g/mol. The van der Waals surface area contributed by atoms with Gasteiger partial charge in [-0.15, -0.1) is 0 Å². The number of allylic oxidation sites excluding steroid dienone is 1. The van der Waals surface area contributed by atoms with Crippen LogP contribution in [-0.2, 0) is 4.74 Å². The van der Waals surface area contributed by atoms with Gasteiger partial charge in [-0.05, 0) is 61.1 Å². The highest BCUT2D eigenvalue weighted by Crippen LogP contribution is 2.35. The van der Waals surface area contributed by atoms with E-state index in [0.29, 0.717) is 30.3 Å². The Morgan fingerprint density at radius 1 is 0.821 bits per heavy atom. The lowest BCUT2D eigenvalue weighted by atomic mass is 9.93. The number of hydrogen-bond donors (Lipinski definition) is 0. The lowest BCUT2D eigenvalue weighted by molar-refractivity contribution is -0.00711. The molecule has 5 heteroatoms. The summed E-state index contributed by atoms with van der Waals surface area (Å²) in [5.41, 5.74) is 2.79. The van der Waals surface area contributed by atoms with Gasteiger partial charge in [0.15, 0.2) is 11.6 Å². The fraction of sp³-hybridized carbons (Fsp3) is 0.412. The molecule has 1 heterocycles. The first-order valence-electron chi connectivity index (χ1n) is 14.3. The Morgan fingerprint density at radius 2 is 1.54 bits per heavy atom. The molecule has 1 aliphatic heterocycles. The van der Waals surface area contributed by atoms with E-state index in [1.165, 1.54) is 31.4 Å². The summed E-state index contributed by atoms with van der Waals surface area (Å²) in [7, 11) is 0. The van der Waals surface area contributed by atoms with E-state index in [1.807, 2.05) is 19.1 Å². The van der Waals surface area contributed by atoms with E-state index in [-0.39, 0.29) is 23.2 Å². The largest absolute Gasteiger partial charge is 0.490 e. The zero-order valence-electron chi connectivity index (χ0n) is 23.0. The quantitative estimate of drug-likeness (QED) is 0.169. The van der Waals surface area contributed by atoms with Gasteiger partial charge in [0.25, 0.3) is 0 Å². The minimum absolute atomic E-state index is 0.0590. The normalized spacial score (nSPS) is 17.6. The number of ether oxygens (including phenoxy) is 2. The number of hydrogen-bond acceptors (Lipinski definition) is 2. The van der Waals surface area contributed by atoms with E-state index in [2.05, 4.69) is 13.0 Å². The summed E-state index contributed by atoms with van der Waals surface area (Å²) in [6.07, 6.45) is 12.3. The summed E-state index contributed by atoms with van der Waals surface area (Å²) in [6, 6.07) is 15.3. The van der Waals surface area contributed by atoms with Crippen molar-refractivity contribution >= 4 is 0 Å². The molecule has 39 heavy (non-hydrogen) atoms. The lowest BCUT2D eigenvalue weighted by Gasteiger charge is -2.28. The molecule has 2 unspecified atom stereocenters. The van der Waals surface area contributed by atoms with E-state index < -0.39 is 11.6 Å². The molecule has 1 saturated heterocycles. The predicted molar refractivity (Wildman–Crippen MR) is 152 cm³/mol. The molecule has 0 bridgehead atoms. The first-order valence-corrected chi connectivity index (χ1v) is 14.3. The lowest BCUT2D eigenvalue weighted by Crippen LogP contribution is -2.20. The number of halogens is 3. The van der Waals surface area contributed by atoms with E-state index in [9.17, 15) is 8.78 Å². The Labute approximate surface area is 230 Å². The van der Waals surface area contributed by atoms with Crippen LogP contribution < -0.4 is 4.74 Å². The van der Waals surface area contributed by atoms with E-state index >= 15 is 4.39 Å². The summed E-state index contributed by atoms with van der Waals surface area (Å²) in [6.45, 7) is 5.14. The maximum absolute atomic E-state index is 15.0. The molecule has 0 N–H and O–H groups in total. The van der Waals surface area contributed by atoms with E-state index in [1.54, 1.807) is 36.4 Å². The Balaban J connectivity index is 1.38. The maximum Gasteiger partial charge on any atom is 0.201 e. The van der Waals surface area contributed by atoms with Crippen molar-refractivity contribution in [1.29, 1.82) is 0 Å². The highest BCUT2D eigenvalue weighted by atomic mass is 19.2. The molecule has 0 saturated carbocycles. The molecule has 0 spiro atoms. The van der Waals surface area contributed by atoms with Crippen molar-refractivity contribution in [1.82, 2.24) is 0 Å². The SMILES string of the molecule is C/C=C/C1CCC(c2ccc(-c3ccc(-c4ccc(OCCCCCCCC)c(F)c4F)cc3)cc2F)OC1. The van der Waals surface area contributed by atoms with Crippen molar-refractivity contribution < 1.29 is 22.6 Å². The smallest absolute Gasteiger partial charge is 0.201 e. The van der Waals surface area contributed by atoms with Crippen LogP contribution in [0, 0.1) is 23.4 Å². The second kappa shape index (κ2) is 14.4. The fourth-order valence-corrected chi connectivity index (χ4v) is 5.18. The van der Waals surface area contributed by atoms with Crippen molar-refractivity contribution in [2.45, 2.75) is 71.3 Å². The van der Waals surface area contributed by atoms with Crippen LogP contribution in [0.25, 0.3) is 22.3 Å². The molecular formula is C34H39F3O2. The topological polar surface area (TPSA) is 18.5 Å². The van der Waals surface area contributed by atoms with Gasteiger partial charge < -0.3 is 9.47 Å². The van der Waals surface area contributed by atoms with Gasteiger partial charge in [0, 0.05) is 17.0 Å². The Hall–Kier alpha value is -3.05. The molecule has 2 nitrogen and oxygen atoms in total. The molecular weight excluding hydrogens is 497 g/mol. The average Bonchev–Trinajstić information content (AvgIpc) is 2.95. The van der Waals surface area contributed by atoms with Gasteiger partial charge in [-0.1, -0.05) is 87.6 Å². The van der Waals surface area contributed by atoms with Gasteiger partial charge >= 0.3 is 0 Å². The molecule has 3 aromatic rings. The van der Waals surface area contributed by atoms with Crippen LogP contribution in [0.2, 0.25) is 0 Å². The van der Waals surface area contributed by atoms with Crippen LogP contribution in [-0.4, -0.2) is 13.2 Å². The van der Waals surface area contributed by atoms with E-state index in [4.69, 9.17) is 9.47 Å². The monoisotopic (exact) mass is 536 g/mol. The summed E-state index contributed by atoms with van der Waals surface area (Å²) in [5.74, 6) is -1.86. The van der Waals surface area contributed by atoms with Crippen molar-refractivity contribution in [3.05, 3.63) is 89.8 Å². The summed E-state index contributed by atoms with van der Waals surface area (Å²) in [4.78, 5) is 0. The fourth-order valence-electron chi connectivity index (χ4n) is 5.18. The molecule has 4 rings (SSSR count). The third-order valence-corrected chi connectivity index (χ3v) is 7.45. The van der Waals surface area contributed by atoms with Crippen LogP contribution >= 0.6 is 0 Å². The van der Waals surface area contributed by atoms with Crippen LogP contribution in [0.5, 0.6) is 5.75 Å². The first kappa shape index (κ1) is 28.9. The molecule has 1 aliphatic rings. The highest BCUT2D eigenvalue weighted by molar-refractivity contribution is 5.71. The van der Waals surface area contributed by atoms with Gasteiger partial charge in [0.2, 0.25) is 5.82 Å². The molecule has 0 amide bonds. The number of rotatable bonds is 12. The van der Waals surface area contributed by atoms with Crippen molar-refractivity contribution in [2.75, 3.05) is 13.2 Å². The number of unbranched alkanes of at least 4 members (excludes halogenated alkanes) is 5. The van der Waals surface area contributed by atoms with Gasteiger partial charge in [-0.2, -0.15) is 4.39 Å². The highest BCUT2D eigenvalue weighted by Gasteiger charge is 2.24. The molecule has 1 fully saturated rings. The third kappa shape index (κ3) is 7.54. The second-order valence-corrected chi connectivity index (χ2v) is 10.4. The minimum Gasteiger partial charge on any atom is -0.490 e. The Kier molecular flexibility index (Phi) is 10.7. The molecule has 208 valence electrons. The summed E-state index contributed by atoms with van der Waals surface area (Å²) in [5, 5.41) is 0. The van der Waals surface area contributed by atoms with Gasteiger partial charge in [0.05, 0.1) is 19.3 Å². The van der Waals surface area contributed by atoms with Crippen LogP contribution in [0.15, 0.2) is 66.7 Å². The predicted octanol–water partition coefficient (Wildman–Crippen LogP) is 10.2. The molecule has 2 atom stereocenters. The first-order chi connectivity index (χ1) is 19.0. The standard InChI is InChI=1S/C34H39F3O2/c1-3-5-6-7-8-9-21-38-32-20-18-28(33(36)34(32)37)26-14-12-25(13-15-26)27-16-17-29(30(35)22-27)31-19-11-24(10-4-2)23-39-31/h4,10,12-18,20,22,24,31H,3,5-9,11,19,21,23H2,1-2H3/b10-4+. The second-order valence-electron chi connectivity index (χ2n) is 10.4. The van der Waals surface area contributed by atoms with Gasteiger partial charge in [-0.3, -0.25) is 0 Å². The van der Waals surface area contributed by atoms with Gasteiger partial charge in [-0.25, -0.2) is 8.78 Å². The summed E-state index contributed by atoms with van der Waals surface area (Å²) < 4.78 is 56.1. The zero-order valence-corrected chi connectivity index (χ0v) is 23.0. The van der Waals surface area contributed by atoms with Crippen molar-refractivity contribution in [3.63, 3.8) is 0 Å². The summed E-state index contributed by atoms with van der Waals surface area (Å²) >= 11 is 0. The van der Waals surface area contributed by atoms with Crippen LogP contribution in [0.1, 0.15) is 76.9 Å². The zero-order chi connectivity index (χ0) is 27.6. The Bertz CT molecular complexity index is 1230. The van der Waals surface area contributed by atoms with Gasteiger partial charge in [0.1, 0.15) is 5.82 Å². The maximum atomic E-state index is 15.0. The Morgan fingerprint density at radius 3 is 2.23 bits per heavy atom. The molecule has 0 radical (unpaired) electrons. The third-order valence-electron chi connectivity index (χ3n) is 7.45. The molecule has 0 aliphatic carbocycles. The van der Waals surface area contributed by atoms with Crippen molar-refractivity contribution in [3.8, 4) is 28.0 Å². The van der Waals surface area contributed by atoms with Crippen molar-refractivity contribution in [2.24, 2.45) is 5.92 Å². The van der Waals surface area contributed by atoms with Crippen LogP contribution in [0.3, 0.4) is 0 Å². The number of benzene rings is 3. The van der Waals surface area contributed by atoms with Crippen LogP contribution in [0.4, 0.5) is 13.2 Å². The molecule has 0 aromatic heterocycles.